The van der Waals surface area contributed by atoms with Gasteiger partial charge >= 0.3 is 5.69 Å². The van der Waals surface area contributed by atoms with Gasteiger partial charge in [-0.2, -0.15) is 0 Å². The van der Waals surface area contributed by atoms with E-state index in [1.54, 1.807) is 12.3 Å². The van der Waals surface area contributed by atoms with Crippen LogP contribution in [0.2, 0.25) is 5.15 Å². The molecule has 0 bridgehead atoms. The molecule has 0 saturated carbocycles. The van der Waals surface area contributed by atoms with Crippen molar-refractivity contribution in [3.8, 4) is 0 Å². The first-order chi connectivity index (χ1) is 10.1. The Kier molecular flexibility index (Phi) is 4.62. The van der Waals surface area contributed by atoms with Gasteiger partial charge in [0, 0.05) is 18.5 Å². The minimum absolute atomic E-state index is 0.0227. The topological polar surface area (TPSA) is 110 Å². The van der Waals surface area contributed by atoms with E-state index in [0.29, 0.717) is 6.54 Å². The number of rotatable bonds is 1. The van der Waals surface area contributed by atoms with Gasteiger partial charge in [-0.1, -0.05) is 11.6 Å². The van der Waals surface area contributed by atoms with Gasteiger partial charge in [0.25, 0.3) is 0 Å². The summed E-state index contributed by atoms with van der Waals surface area (Å²) in [7, 11) is 0. The zero-order valence-electron chi connectivity index (χ0n) is 10.6. The lowest BCUT2D eigenvalue weighted by atomic mass is 10.3. The SMILES string of the molecule is O=C1CNc2ncccc2N1.O=[N+]([O-])c1cccnc1Cl. The van der Waals surface area contributed by atoms with E-state index < -0.39 is 4.92 Å². The van der Waals surface area contributed by atoms with E-state index in [1.165, 1.54) is 18.3 Å². The molecule has 3 heterocycles. The molecule has 1 aliphatic heterocycles. The predicted molar refractivity (Wildman–Crippen MR) is 77.3 cm³/mol. The third kappa shape index (κ3) is 3.86. The smallest absolute Gasteiger partial charge is 0.306 e. The van der Waals surface area contributed by atoms with E-state index in [2.05, 4.69) is 20.6 Å². The first kappa shape index (κ1) is 14.7. The van der Waals surface area contributed by atoms with Gasteiger partial charge in [0.2, 0.25) is 11.1 Å². The molecule has 0 atom stereocenters. The van der Waals surface area contributed by atoms with E-state index in [9.17, 15) is 14.9 Å². The van der Waals surface area contributed by atoms with E-state index in [0.717, 1.165) is 11.5 Å². The number of hydrogen-bond acceptors (Lipinski definition) is 6. The Morgan fingerprint density at radius 1 is 1.24 bits per heavy atom. The molecule has 8 nitrogen and oxygen atoms in total. The molecule has 1 aliphatic rings. The first-order valence-corrected chi connectivity index (χ1v) is 6.19. The predicted octanol–water partition coefficient (Wildman–Crippen LogP) is 2.09. The molecule has 0 aromatic carbocycles. The number of pyridine rings is 2. The summed E-state index contributed by atoms with van der Waals surface area (Å²) in [5.74, 6) is 0.720. The number of nitro groups is 1. The van der Waals surface area contributed by atoms with Crippen molar-refractivity contribution in [3.63, 3.8) is 0 Å². The van der Waals surface area contributed by atoms with Crippen LogP contribution in [-0.2, 0) is 4.79 Å². The molecule has 1 amide bonds. The van der Waals surface area contributed by atoms with Gasteiger partial charge in [-0.15, -0.1) is 0 Å². The minimum atomic E-state index is -0.574. The molecule has 0 saturated heterocycles. The lowest BCUT2D eigenvalue weighted by molar-refractivity contribution is -0.385. The summed E-state index contributed by atoms with van der Waals surface area (Å²) in [5, 5.41) is 15.6. The molecule has 108 valence electrons. The van der Waals surface area contributed by atoms with Crippen molar-refractivity contribution in [2.24, 2.45) is 0 Å². The second-order valence-electron chi connectivity index (χ2n) is 3.87. The summed E-state index contributed by atoms with van der Waals surface area (Å²) < 4.78 is 0. The third-order valence-corrected chi connectivity index (χ3v) is 2.73. The maximum Gasteiger partial charge on any atom is 0.306 e. The summed E-state index contributed by atoms with van der Waals surface area (Å²) in [5.41, 5.74) is 0.591. The summed E-state index contributed by atoms with van der Waals surface area (Å²) in [6, 6.07) is 6.36. The Hall–Kier alpha value is -2.74. The zero-order chi connectivity index (χ0) is 15.2. The Bertz CT molecular complexity index is 679. The number of hydrogen-bond donors (Lipinski definition) is 2. The summed E-state index contributed by atoms with van der Waals surface area (Å²) in [6.07, 6.45) is 3.08. The number of fused-ring (bicyclic) bond motifs is 1. The quantitative estimate of drug-likeness (QED) is 0.474. The second kappa shape index (κ2) is 6.62. The van der Waals surface area contributed by atoms with Crippen LogP contribution in [0.4, 0.5) is 17.2 Å². The fraction of sp³-hybridized carbons (Fsp3) is 0.0833. The molecule has 0 fully saturated rings. The van der Waals surface area contributed by atoms with Crippen LogP contribution in [0.1, 0.15) is 0 Å². The molecule has 0 spiro atoms. The zero-order valence-corrected chi connectivity index (χ0v) is 11.4. The first-order valence-electron chi connectivity index (χ1n) is 5.81. The fourth-order valence-electron chi connectivity index (χ4n) is 1.52. The number of halogens is 1. The number of anilines is 2. The molecule has 2 aromatic rings. The van der Waals surface area contributed by atoms with Gasteiger partial charge in [0.1, 0.15) is 5.82 Å². The Balaban J connectivity index is 0.000000155. The molecule has 2 N–H and O–H groups in total. The van der Waals surface area contributed by atoms with Gasteiger partial charge in [-0.3, -0.25) is 14.9 Å². The van der Waals surface area contributed by atoms with Gasteiger partial charge < -0.3 is 10.6 Å². The van der Waals surface area contributed by atoms with Crippen LogP contribution in [0.15, 0.2) is 36.7 Å². The van der Waals surface area contributed by atoms with E-state index in [1.807, 2.05) is 6.07 Å². The van der Waals surface area contributed by atoms with Gasteiger partial charge in [-0.25, -0.2) is 9.97 Å². The van der Waals surface area contributed by atoms with E-state index >= 15 is 0 Å². The van der Waals surface area contributed by atoms with E-state index in [4.69, 9.17) is 11.6 Å². The van der Waals surface area contributed by atoms with E-state index in [-0.39, 0.29) is 16.7 Å². The van der Waals surface area contributed by atoms with Crippen LogP contribution in [-0.4, -0.2) is 27.3 Å². The van der Waals surface area contributed by atoms with Crippen molar-refractivity contribution in [3.05, 3.63) is 51.9 Å². The number of nitrogens with zero attached hydrogens (tertiary/aromatic N) is 3. The number of amides is 1. The fourth-order valence-corrected chi connectivity index (χ4v) is 1.71. The lowest BCUT2D eigenvalue weighted by Crippen LogP contribution is -2.27. The third-order valence-electron chi connectivity index (χ3n) is 2.43. The Morgan fingerprint density at radius 2 is 1.95 bits per heavy atom. The standard InChI is InChI=1S/C7H7N3O.C5H3ClN2O2/c11-6-4-9-7-5(10-6)2-1-3-8-7;6-5-4(8(9)10)2-1-3-7-5/h1-3H,4H2,(H,8,9)(H,10,11);1-3H. The van der Waals surface area contributed by atoms with Gasteiger partial charge in [0.15, 0.2) is 0 Å². The Morgan fingerprint density at radius 3 is 2.62 bits per heavy atom. The van der Waals surface area contributed by atoms with Crippen LogP contribution < -0.4 is 10.6 Å². The minimum Gasteiger partial charge on any atom is -0.359 e. The number of aromatic nitrogens is 2. The number of carbonyl (C=O) groups excluding carboxylic acids is 1. The molecule has 9 heteroatoms. The average Bonchev–Trinajstić information content (AvgIpc) is 2.48. The molecule has 0 radical (unpaired) electrons. The maximum absolute atomic E-state index is 10.8. The highest BCUT2D eigenvalue weighted by atomic mass is 35.5. The van der Waals surface area contributed by atoms with Crippen LogP contribution in [0.3, 0.4) is 0 Å². The van der Waals surface area contributed by atoms with Crippen LogP contribution in [0.5, 0.6) is 0 Å². The van der Waals surface area contributed by atoms with Crippen molar-refractivity contribution in [2.45, 2.75) is 0 Å². The van der Waals surface area contributed by atoms with Crippen molar-refractivity contribution >= 4 is 34.7 Å². The van der Waals surface area contributed by atoms with Crippen LogP contribution in [0.25, 0.3) is 0 Å². The average molecular weight is 308 g/mol. The van der Waals surface area contributed by atoms with Crippen LogP contribution >= 0.6 is 11.6 Å². The molecule has 0 unspecified atom stereocenters. The van der Waals surface area contributed by atoms with Crippen molar-refractivity contribution in [2.75, 3.05) is 17.2 Å². The van der Waals surface area contributed by atoms with Crippen molar-refractivity contribution in [1.29, 1.82) is 0 Å². The van der Waals surface area contributed by atoms with Crippen molar-refractivity contribution < 1.29 is 9.72 Å². The number of carbonyl (C=O) groups is 1. The largest absolute Gasteiger partial charge is 0.359 e. The van der Waals surface area contributed by atoms with Gasteiger partial charge in [-0.05, 0) is 18.2 Å². The molecule has 3 rings (SSSR count). The number of nitrogens with one attached hydrogen (secondary N) is 2. The molecule has 2 aromatic heterocycles. The normalized spacial score (nSPS) is 12.1. The van der Waals surface area contributed by atoms with Crippen molar-refractivity contribution in [1.82, 2.24) is 9.97 Å². The lowest BCUT2D eigenvalue weighted by Gasteiger charge is -2.16. The summed E-state index contributed by atoms with van der Waals surface area (Å²) in [4.78, 5) is 27.9. The van der Waals surface area contributed by atoms with Crippen LogP contribution in [0, 0.1) is 10.1 Å². The Labute approximate surface area is 124 Å². The molecule has 21 heavy (non-hydrogen) atoms. The van der Waals surface area contributed by atoms with Gasteiger partial charge in [0.05, 0.1) is 17.2 Å². The second-order valence-corrected chi connectivity index (χ2v) is 4.23. The molecular weight excluding hydrogens is 298 g/mol. The summed E-state index contributed by atoms with van der Waals surface area (Å²) in [6.45, 7) is 0.310. The monoisotopic (exact) mass is 307 g/mol. The molecule has 0 aliphatic carbocycles. The highest BCUT2D eigenvalue weighted by Gasteiger charge is 2.13. The highest BCUT2D eigenvalue weighted by molar-refractivity contribution is 6.31. The maximum atomic E-state index is 10.8. The highest BCUT2D eigenvalue weighted by Crippen LogP contribution is 2.20. The summed E-state index contributed by atoms with van der Waals surface area (Å²) >= 11 is 5.37. The molecular formula is C12H10ClN5O3.